The molecule has 3 rings (SSSR count). The number of aromatic nitrogens is 2. The minimum Gasteiger partial charge on any atom is -0.282 e. The highest BCUT2D eigenvalue weighted by Gasteiger charge is 2.15. The number of benzene rings is 1. The van der Waals surface area contributed by atoms with Crippen LogP contribution in [0, 0.1) is 18.3 Å². The number of rotatable bonds is 1. The number of hydrogen-bond donors (Lipinski definition) is 0. The van der Waals surface area contributed by atoms with E-state index in [1.807, 2.05) is 25.1 Å². The molecule has 20 heavy (non-hydrogen) atoms. The summed E-state index contributed by atoms with van der Waals surface area (Å²) in [7, 11) is 0. The van der Waals surface area contributed by atoms with E-state index in [9.17, 15) is 4.79 Å². The number of pyridine rings is 1. The van der Waals surface area contributed by atoms with Gasteiger partial charge in [0.25, 0.3) is 5.91 Å². The summed E-state index contributed by atoms with van der Waals surface area (Å²) < 4.78 is 1.50. The molecule has 0 unspecified atom stereocenters. The van der Waals surface area contributed by atoms with Gasteiger partial charge in [0.05, 0.1) is 11.1 Å². The Labute approximate surface area is 115 Å². The number of nitriles is 1. The summed E-state index contributed by atoms with van der Waals surface area (Å²) in [5.74, 6) is -0.147. The lowest BCUT2D eigenvalue weighted by Crippen LogP contribution is -2.10. The molecule has 0 saturated heterocycles. The summed E-state index contributed by atoms with van der Waals surface area (Å²) in [6.45, 7) is 1.94. The molecule has 0 aliphatic rings. The fraction of sp³-hybridized carbons (Fsp3) is 0.0625. The zero-order valence-corrected chi connectivity index (χ0v) is 10.9. The molecule has 0 fully saturated rings. The normalized spacial score (nSPS) is 10.4. The highest BCUT2D eigenvalue weighted by atomic mass is 16.2. The zero-order chi connectivity index (χ0) is 14.1. The molecule has 0 N–H and O–H groups in total. The molecule has 0 atom stereocenters. The number of carbonyl (C=O) groups excluding carboxylic acids is 1. The molecule has 0 spiro atoms. The first kappa shape index (κ1) is 12.1. The van der Waals surface area contributed by atoms with Crippen molar-refractivity contribution in [1.82, 2.24) is 9.55 Å². The lowest BCUT2D eigenvalue weighted by Gasteiger charge is -2.04. The number of carbonyl (C=O) groups is 1. The van der Waals surface area contributed by atoms with Crippen LogP contribution in [0.15, 0.2) is 48.9 Å². The second kappa shape index (κ2) is 4.63. The van der Waals surface area contributed by atoms with Crippen molar-refractivity contribution in [2.75, 3.05) is 0 Å². The molecule has 3 aromatic rings. The van der Waals surface area contributed by atoms with Crippen molar-refractivity contribution in [2.45, 2.75) is 6.92 Å². The predicted molar refractivity (Wildman–Crippen MR) is 75.4 cm³/mol. The maximum atomic E-state index is 12.6. The summed E-state index contributed by atoms with van der Waals surface area (Å²) in [6, 6.07) is 11.2. The molecular weight excluding hydrogens is 250 g/mol. The van der Waals surface area contributed by atoms with Gasteiger partial charge in [-0.25, -0.2) is 0 Å². The molecule has 0 saturated carbocycles. The lowest BCUT2D eigenvalue weighted by molar-refractivity contribution is 0.0965. The van der Waals surface area contributed by atoms with Gasteiger partial charge in [0.15, 0.2) is 0 Å². The highest BCUT2D eigenvalue weighted by Crippen LogP contribution is 2.21. The predicted octanol–water partition coefficient (Wildman–Crippen LogP) is 2.90. The van der Waals surface area contributed by atoms with Crippen molar-refractivity contribution in [3.05, 3.63) is 65.6 Å². The van der Waals surface area contributed by atoms with E-state index in [0.29, 0.717) is 22.0 Å². The molecule has 2 aromatic heterocycles. The molecule has 4 nitrogen and oxygen atoms in total. The Kier molecular flexibility index (Phi) is 2.81. The SMILES string of the molecule is Cc1cccc(C(=O)n2cc(C#N)c3cnccc32)c1. The Bertz CT molecular complexity index is 856. The fourth-order valence-corrected chi connectivity index (χ4v) is 2.25. The first-order valence-corrected chi connectivity index (χ1v) is 6.17. The average Bonchev–Trinajstić information content (AvgIpc) is 2.85. The summed E-state index contributed by atoms with van der Waals surface area (Å²) in [5.41, 5.74) is 2.77. The molecule has 0 amide bonds. The third-order valence-electron chi connectivity index (χ3n) is 3.21. The average molecular weight is 261 g/mol. The number of nitrogens with zero attached hydrogens (tertiary/aromatic N) is 3. The van der Waals surface area contributed by atoms with Crippen LogP contribution in [0.2, 0.25) is 0 Å². The minimum atomic E-state index is -0.147. The van der Waals surface area contributed by atoms with Crippen LogP contribution >= 0.6 is 0 Å². The molecular formula is C16H11N3O. The van der Waals surface area contributed by atoms with Gasteiger partial charge in [0.1, 0.15) is 6.07 Å². The molecule has 1 aromatic carbocycles. The third-order valence-corrected chi connectivity index (χ3v) is 3.21. The van der Waals surface area contributed by atoms with E-state index in [0.717, 1.165) is 5.56 Å². The Morgan fingerprint density at radius 1 is 1.35 bits per heavy atom. The van der Waals surface area contributed by atoms with Crippen LogP contribution in [0.5, 0.6) is 0 Å². The van der Waals surface area contributed by atoms with E-state index >= 15 is 0 Å². The van der Waals surface area contributed by atoms with E-state index < -0.39 is 0 Å². The number of fused-ring (bicyclic) bond motifs is 1. The highest BCUT2D eigenvalue weighted by molar-refractivity contribution is 6.03. The van der Waals surface area contributed by atoms with E-state index in [1.165, 1.54) is 4.57 Å². The molecule has 0 bridgehead atoms. The summed E-state index contributed by atoms with van der Waals surface area (Å²) >= 11 is 0. The van der Waals surface area contributed by atoms with Crippen molar-refractivity contribution in [2.24, 2.45) is 0 Å². The van der Waals surface area contributed by atoms with Gasteiger partial charge in [-0.15, -0.1) is 0 Å². The third kappa shape index (κ3) is 1.86. The van der Waals surface area contributed by atoms with Crippen molar-refractivity contribution in [3.63, 3.8) is 0 Å². The Morgan fingerprint density at radius 3 is 2.95 bits per heavy atom. The summed E-state index contributed by atoms with van der Waals surface area (Å²) in [4.78, 5) is 16.6. The van der Waals surface area contributed by atoms with Gasteiger partial charge < -0.3 is 0 Å². The van der Waals surface area contributed by atoms with Crippen molar-refractivity contribution < 1.29 is 4.79 Å². The van der Waals surface area contributed by atoms with Crippen LogP contribution < -0.4 is 0 Å². The molecule has 96 valence electrons. The largest absolute Gasteiger partial charge is 0.282 e. The number of aryl methyl sites for hydroxylation is 1. The molecule has 0 aliphatic heterocycles. The van der Waals surface area contributed by atoms with E-state index in [4.69, 9.17) is 5.26 Å². The van der Waals surface area contributed by atoms with Gasteiger partial charge in [-0.05, 0) is 25.1 Å². The summed E-state index contributed by atoms with van der Waals surface area (Å²) in [6.07, 6.45) is 4.79. The Balaban J connectivity index is 2.20. The molecule has 4 heteroatoms. The van der Waals surface area contributed by atoms with Crippen LogP contribution in [0.25, 0.3) is 10.9 Å². The minimum absolute atomic E-state index is 0.147. The molecule has 0 radical (unpaired) electrons. The Morgan fingerprint density at radius 2 is 2.20 bits per heavy atom. The maximum Gasteiger partial charge on any atom is 0.262 e. The topological polar surface area (TPSA) is 58.7 Å². The van der Waals surface area contributed by atoms with Gasteiger partial charge in [-0.3, -0.25) is 14.3 Å². The standard InChI is InChI=1S/C16H11N3O/c1-11-3-2-4-12(7-11)16(20)19-10-13(8-17)14-9-18-6-5-15(14)19/h2-7,9-10H,1H3. The quantitative estimate of drug-likeness (QED) is 0.676. The molecule has 0 aliphatic carbocycles. The van der Waals surface area contributed by atoms with Gasteiger partial charge in [-0.1, -0.05) is 17.7 Å². The maximum absolute atomic E-state index is 12.6. The Hall–Kier alpha value is -2.93. The van der Waals surface area contributed by atoms with E-state index in [-0.39, 0.29) is 5.91 Å². The van der Waals surface area contributed by atoms with Crippen LogP contribution in [-0.4, -0.2) is 15.5 Å². The van der Waals surface area contributed by atoms with Gasteiger partial charge >= 0.3 is 0 Å². The van der Waals surface area contributed by atoms with Crippen molar-refractivity contribution >= 4 is 16.8 Å². The molecule has 2 heterocycles. The van der Waals surface area contributed by atoms with Crippen molar-refractivity contribution in [1.29, 1.82) is 5.26 Å². The van der Waals surface area contributed by atoms with Crippen LogP contribution in [0.4, 0.5) is 0 Å². The second-order valence-corrected chi connectivity index (χ2v) is 4.59. The smallest absolute Gasteiger partial charge is 0.262 e. The van der Waals surface area contributed by atoms with Gasteiger partial charge in [-0.2, -0.15) is 5.26 Å². The summed E-state index contributed by atoms with van der Waals surface area (Å²) in [5, 5.41) is 9.83. The first-order chi connectivity index (χ1) is 9.70. The first-order valence-electron chi connectivity index (χ1n) is 6.17. The van der Waals surface area contributed by atoms with Crippen LogP contribution in [-0.2, 0) is 0 Å². The van der Waals surface area contributed by atoms with E-state index in [2.05, 4.69) is 11.1 Å². The lowest BCUT2D eigenvalue weighted by atomic mass is 10.1. The van der Waals surface area contributed by atoms with Gasteiger partial charge in [0, 0.05) is 29.5 Å². The second-order valence-electron chi connectivity index (χ2n) is 4.59. The zero-order valence-electron chi connectivity index (χ0n) is 10.9. The monoisotopic (exact) mass is 261 g/mol. The number of hydrogen-bond acceptors (Lipinski definition) is 3. The van der Waals surface area contributed by atoms with Gasteiger partial charge in [0.2, 0.25) is 0 Å². The van der Waals surface area contributed by atoms with Crippen LogP contribution in [0.1, 0.15) is 21.5 Å². The van der Waals surface area contributed by atoms with E-state index in [1.54, 1.807) is 30.7 Å². The fourth-order valence-electron chi connectivity index (χ4n) is 2.25. The van der Waals surface area contributed by atoms with Crippen molar-refractivity contribution in [3.8, 4) is 6.07 Å². The van der Waals surface area contributed by atoms with Crippen LogP contribution in [0.3, 0.4) is 0 Å².